The fraction of sp³-hybridized carbons (Fsp3) is 0.417. The van der Waals surface area contributed by atoms with Crippen LogP contribution in [0.25, 0.3) is 0 Å². The van der Waals surface area contributed by atoms with E-state index in [4.69, 9.17) is 4.74 Å². The topological polar surface area (TPSA) is 46.5 Å². The highest BCUT2D eigenvalue weighted by Gasteiger charge is 2.24. The monoisotopic (exact) mass is 226 g/mol. The Bertz CT molecular complexity index is 365. The summed E-state index contributed by atoms with van der Waals surface area (Å²) in [5.41, 5.74) is -0.339. The maximum Gasteiger partial charge on any atom is 0.340 e. The van der Waals surface area contributed by atoms with Crippen molar-refractivity contribution in [1.82, 2.24) is 0 Å². The minimum atomic E-state index is -1.38. The summed E-state index contributed by atoms with van der Waals surface area (Å²) >= 11 is 0. The van der Waals surface area contributed by atoms with Gasteiger partial charge in [0.15, 0.2) is 6.10 Å². The first kappa shape index (κ1) is 12.6. The zero-order chi connectivity index (χ0) is 12.3. The molecular weight excluding hydrogens is 211 g/mol. The zero-order valence-corrected chi connectivity index (χ0v) is 9.53. The molecule has 0 fully saturated rings. The van der Waals surface area contributed by atoms with Gasteiger partial charge in [-0.1, -0.05) is 12.1 Å². The van der Waals surface area contributed by atoms with E-state index in [2.05, 4.69) is 0 Å². The van der Waals surface area contributed by atoms with Gasteiger partial charge in [-0.3, -0.25) is 0 Å². The second kappa shape index (κ2) is 4.61. The number of hydrogen-bond donors (Lipinski definition) is 1. The van der Waals surface area contributed by atoms with Crippen LogP contribution in [0.4, 0.5) is 4.39 Å². The quantitative estimate of drug-likeness (QED) is 0.786. The lowest BCUT2D eigenvalue weighted by atomic mass is 10.1. The van der Waals surface area contributed by atoms with Gasteiger partial charge in [0, 0.05) is 0 Å². The van der Waals surface area contributed by atoms with Crippen LogP contribution in [0.3, 0.4) is 0 Å². The molecule has 0 aliphatic rings. The predicted molar refractivity (Wildman–Crippen MR) is 57.2 cm³/mol. The first-order valence-corrected chi connectivity index (χ1v) is 4.96. The van der Waals surface area contributed by atoms with Crippen LogP contribution in [0.15, 0.2) is 24.3 Å². The third-order valence-corrected chi connectivity index (χ3v) is 1.82. The van der Waals surface area contributed by atoms with E-state index < -0.39 is 23.5 Å². The molecule has 0 aliphatic heterocycles. The first-order chi connectivity index (χ1) is 7.29. The van der Waals surface area contributed by atoms with Gasteiger partial charge < -0.3 is 9.84 Å². The number of aliphatic hydroxyl groups is 1. The fourth-order valence-corrected chi connectivity index (χ4v) is 1.14. The van der Waals surface area contributed by atoms with Gasteiger partial charge in [0.1, 0.15) is 11.4 Å². The lowest BCUT2D eigenvalue weighted by Gasteiger charge is -2.21. The van der Waals surface area contributed by atoms with Crippen molar-refractivity contribution in [2.45, 2.75) is 32.5 Å². The molecule has 0 amide bonds. The fourth-order valence-electron chi connectivity index (χ4n) is 1.14. The SMILES string of the molecule is CC(C)(C)OC(=O)[C@@H](O)c1ccc(F)cc1. The number of carbonyl (C=O) groups excluding carboxylic acids is 1. The number of carbonyl (C=O) groups is 1. The molecule has 0 spiro atoms. The largest absolute Gasteiger partial charge is 0.458 e. The van der Waals surface area contributed by atoms with Gasteiger partial charge in [-0.15, -0.1) is 0 Å². The minimum Gasteiger partial charge on any atom is -0.458 e. The number of benzene rings is 1. The number of rotatable bonds is 2. The van der Waals surface area contributed by atoms with E-state index in [-0.39, 0.29) is 0 Å². The number of ether oxygens (including phenoxy) is 1. The maximum atomic E-state index is 12.6. The molecule has 4 heteroatoms. The van der Waals surface area contributed by atoms with Gasteiger partial charge in [0.2, 0.25) is 0 Å². The lowest BCUT2D eigenvalue weighted by molar-refractivity contribution is -0.165. The van der Waals surface area contributed by atoms with Gasteiger partial charge in [0.25, 0.3) is 0 Å². The van der Waals surface area contributed by atoms with Gasteiger partial charge in [0.05, 0.1) is 0 Å². The van der Waals surface area contributed by atoms with Crippen molar-refractivity contribution in [3.8, 4) is 0 Å². The summed E-state index contributed by atoms with van der Waals surface area (Å²) in [6.45, 7) is 5.13. The minimum absolute atomic E-state index is 0.315. The molecule has 1 aromatic carbocycles. The Labute approximate surface area is 93.9 Å². The molecule has 0 saturated heterocycles. The molecule has 0 saturated carbocycles. The van der Waals surface area contributed by atoms with Crippen molar-refractivity contribution in [2.75, 3.05) is 0 Å². The van der Waals surface area contributed by atoms with Crippen LogP contribution in [-0.2, 0) is 9.53 Å². The van der Waals surface area contributed by atoms with Crippen molar-refractivity contribution in [2.24, 2.45) is 0 Å². The second-order valence-electron chi connectivity index (χ2n) is 4.49. The molecule has 0 unspecified atom stereocenters. The standard InChI is InChI=1S/C12H15FO3/c1-12(2,3)16-11(15)10(14)8-4-6-9(13)7-5-8/h4-7,10,14H,1-3H3/t10-/m0/s1. The molecule has 3 nitrogen and oxygen atoms in total. The van der Waals surface area contributed by atoms with Crippen molar-refractivity contribution in [3.63, 3.8) is 0 Å². The van der Waals surface area contributed by atoms with Gasteiger partial charge in [-0.05, 0) is 38.5 Å². The molecule has 1 N–H and O–H groups in total. The van der Waals surface area contributed by atoms with E-state index in [1.54, 1.807) is 20.8 Å². The van der Waals surface area contributed by atoms with Gasteiger partial charge >= 0.3 is 5.97 Å². The number of esters is 1. The van der Waals surface area contributed by atoms with Gasteiger partial charge in [-0.25, -0.2) is 9.18 Å². The van der Waals surface area contributed by atoms with E-state index >= 15 is 0 Å². The van der Waals surface area contributed by atoms with Crippen molar-refractivity contribution in [1.29, 1.82) is 0 Å². The Morgan fingerprint density at radius 1 is 1.31 bits per heavy atom. The Morgan fingerprint density at radius 3 is 2.25 bits per heavy atom. The summed E-state index contributed by atoms with van der Waals surface area (Å²) in [5, 5.41) is 9.65. The molecule has 0 aliphatic carbocycles. The summed E-state index contributed by atoms with van der Waals surface area (Å²) in [4.78, 5) is 11.5. The third-order valence-electron chi connectivity index (χ3n) is 1.82. The summed E-state index contributed by atoms with van der Waals surface area (Å²) in [6, 6.07) is 5.07. The summed E-state index contributed by atoms with van der Waals surface area (Å²) in [6.07, 6.45) is -1.38. The summed E-state index contributed by atoms with van der Waals surface area (Å²) < 4.78 is 17.6. The third kappa shape index (κ3) is 3.62. The molecule has 0 aromatic heterocycles. The van der Waals surface area contributed by atoms with Crippen molar-refractivity contribution < 1.29 is 19.0 Å². The molecule has 0 radical (unpaired) electrons. The van der Waals surface area contributed by atoms with E-state index in [0.29, 0.717) is 5.56 Å². The molecule has 0 heterocycles. The predicted octanol–water partition coefficient (Wildman–Crippen LogP) is 2.20. The van der Waals surface area contributed by atoms with Gasteiger partial charge in [-0.2, -0.15) is 0 Å². The van der Waals surface area contributed by atoms with Crippen LogP contribution in [-0.4, -0.2) is 16.7 Å². The number of halogens is 1. The first-order valence-electron chi connectivity index (χ1n) is 4.96. The average molecular weight is 226 g/mol. The highest BCUT2D eigenvalue weighted by atomic mass is 19.1. The molecule has 16 heavy (non-hydrogen) atoms. The van der Waals surface area contributed by atoms with E-state index in [0.717, 1.165) is 0 Å². The van der Waals surface area contributed by atoms with E-state index in [1.165, 1.54) is 24.3 Å². The normalized spacial score (nSPS) is 13.3. The van der Waals surface area contributed by atoms with Crippen LogP contribution >= 0.6 is 0 Å². The molecule has 1 aromatic rings. The van der Waals surface area contributed by atoms with E-state index in [9.17, 15) is 14.3 Å². The number of hydrogen-bond acceptors (Lipinski definition) is 3. The Hall–Kier alpha value is -1.42. The number of aliphatic hydroxyl groups excluding tert-OH is 1. The zero-order valence-electron chi connectivity index (χ0n) is 9.53. The smallest absolute Gasteiger partial charge is 0.340 e. The molecular formula is C12H15FO3. The average Bonchev–Trinajstić information content (AvgIpc) is 2.15. The lowest BCUT2D eigenvalue weighted by Crippen LogP contribution is -2.27. The van der Waals surface area contributed by atoms with Crippen LogP contribution in [0.1, 0.15) is 32.4 Å². The molecule has 1 atom stereocenters. The van der Waals surface area contributed by atoms with E-state index in [1.807, 2.05) is 0 Å². The van der Waals surface area contributed by atoms with Crippen LogP contribution < -0.4 is 0 Å². The molecule has 1 rings (SSSR count). The highest BCUT2D eigenvalue weighted by Crippen LogP contribution is 2.18. The van der Waals surface area contributed by atoms with Crippen LogP contribution in [0.2, 0.25) is 0 Å². The second-order valence-corrected chi connectivity index (χ2v) is 4.49. The summed E-state index contributed by atoms with van der Waals surface area (Å²) in [7, 11) is 0. The Morgan fingerprint density at radius 2 is 1.81 bits per heavy atom. The Balaban J connectivity index is 2.74. The van der Waals surface area contributed by atoms with Crippen molar-refractivity contribution in [3.05, 3.63) is 35.6 Å². The highest BCUT2D eigenvalue weighted by molar-refractivity contribution is 5.76. The van der Waals surface area contributed by atoms with Crippen LogP contribution in [0, 0.1) is 5.82 Å². The van der Waals surface area contributed by atoms with Crippen LogP contribution in [0.5, 0.6) is 0 Å². The maximum absolute atomic E-state index is 12.6. The summed E-state index contributed by atoms with van der Waals surface area (Å²) in [5.74, 6) is -1.15. The molecule has 88 valence electrons. The van der Waals surface area contributed by atoms with Crippen molar-refractivity contribution >= 4 is 5.97 Å². The Kier molecular flexibility index (Phi) is 3.65. The molecule has 0 bridgehead atoms.